The third-order valence-corrected chi connectivity index (χ3v) is 8.97. The first-order chi connectivity index (χ1) is 16.4. The van der Waals surface area contributed by atoms with Crippen molar-refractivity contribution in [1.82, 2.24) is 0 Å². The molecule has 1 N–H and O–H groups in total. The fourth-order valence-corrected chi connectivity index (χ4v) is 7.58. The van der Waals surface area contributed by atoms with Crippen LogP contribution < -0.4 is 0 Å². The number of carbonyl (C=O) groups excluding carboxylic acids is 4. The second-order valence-electron chi connectivity index (χ2n) is 10.7. The lowest BCUT2D eigenvalue weighted by Crippen LogP contribution is -2.64. The Morgan fingerprint density at radius 2 is 1.94 bits per heavy atom. The number of halogens is 1. The highest BCUT2D eigenvalue weighted by Crippen LogP contribution is 2.68. The summed E-state index contributed by atoms with van der Waals surface area (Å²) in [6.07, 6.45) is 1.94. The highest BCUT2D eigenvalue weighted by molar-refractivity contribution is 6.01. The van der Waals surface area contributed by atoms with Crippen LogP contribution in [0.1, 0.15) is 53.4 Å². The molecular weight excluding hydrogens is 459 g/mol. The van der Waals surface area contributed by atoms with Crippen molar-refractivity contribution in [3.8, 4) is 0 Å². The van der Waals surface area contributed by atoms with Crippen LogP contribution in [0.3, 0.4) is 0 Å². The third kappa shape index (κ3) is 3.82. The van der Waals surface area contributed by atoms with Crippen LogP contribution in [0.4, 0.5) is 9.18 Å². The number of Topliss-reactive ketones (excluding diaryl/α,β-unsaturated/α-hetero) is 1. The Bertz CT molecular complexity index is 1000. The van der Waals surface area contributed by atoms with Gasteiger partial charge in [-0.15, -0.1) is 0 Å². The van der Waals surface area contributed by atoms with Crippen molar-refractivity contribution in [2.24, 2.45) is 28.6 Å². The zero-order valence-electron chi connectivity index (χ0n) is 20.5. The quantitative estimate of drug-likeness (QED) is 0.582. The van der Waals surface area contributed by atoms with E-state index in [0.717, 1.165) is 0 Å². The summed E-state index contributed by atoms with van der Waals surface area (Å²) in [4.78, 5) is 49.4. The Morgan fingerprint density at radius 1 is 1.23 bits per heavy atom. The van der Waals surface area contributed by atoms with Gasteiger partial charge in [-0.25, -0.2) is 9.18 Å². The van der Waals surface area contributed by atoms with E-state index in [1.165, 1.54) is 19.1 Å². The lowest BCUT2D eigenvalue weighted by Gasteiger charge is -2.60. The minimum Gasteiger partial charge on any atom is -0.458 e. The van der Waals surface area contributed by atoms with Gasteiger partial charge in [-0.1, -0.05) is 19.9 Å². The van der Waals surface area contributed by atoms with Gasteiger partial charge in [-0.3, -0.25) is 14.4 Å². The van der Waals surface area contributed by atoms with Crippen molar-refractivity contribution < 1.29 is 42.9 Å². The summed E-state index contributed by atoms with van der Waals surface area (Å²) >= 11 is 0. The third-order valence-electron chi connectivity index (χ3n) is 8.97. The van der Waals surface area contributed by atoms with Gasteiger partial charge >= 0.3 is 12.1 Å². The first-order valence-electron chi connectivity index (χ1n) is 12.2. The van der Waals surface area contributed by atoms with Gasteiger partial charge < -0.3 is 19.3 Å². The molecule has 35 heavy (non-hydrogen) atoms. The van der Waals surface area contributed by atoms with Crippen LogP contribution in [0.25, 0.3) is 0 Å². The van der Waals surface area contributed by atoms with Crippen molar-refractivity contribution in [2.75, 3.05) is 13.2 Å². The number of rotatable bonds is 5. The van der Waals surface area contributed by atoms with Crippen molar-refractivity contribution in [2.45, 2.75) is 71.3 Å². The van der Waals surface area contributed by atoms with E-state index in [1.54, 1.807) is 19.9 Å². The highest BCUT2D eigenvalue weighted by Gasteiger charge is 2.71. The van der Waals surface area contributed by atoms with Crippen molar-refractivity contribution in [1.29, 1.82) is 0 Å². The van der Waals surface area contributed by atoms with E-state index in [0.29, 0.717) is 12.0 Å². The van der Waals surface area contributed by atoms with Crippen LogP contribution in [0.15, 0.2) is 23.8 Å². The van der Waals surface area contributed by atoms with Gasteiger partial charge in [-0.2, -0.15) is 0 Å². The van der Waals surface area contributed by atoms with E-state index < -0.39 is 53.2 Å². The maximum absolute atomic E-state index is 15.5. The van der Waals surface area contributed by atoms with Gasteiger partial charge in [0.1, 0.15) is 6.17 Å². The van der Waals surface area contributed by atoms with Gasteiger partial charge in [0, 0.05) is 23.7 Å². The van der Waals surface area contributed by atoms with Gasteiger partial charge in [0.2, 0.25) is 5.78 Å². The minimum absolute atomic E-state index is 0.0442. The molecule has 192 valence electrons. The summed E-state index contributed by atoms with van der Waals surface area (Å²) < 4.78 is 31.2. The van der Waals surface area contributed by atoms with E-state index in [-0.39, 0.29) is 49.4 Å². The maximum atomic E-state index is 15.5. The molecule has 0 aliphatic heterocycles. The molecule has 0 spiro atoms. The molecule has 0 aromatic rings. The first kappa shape index (κ1) is 25.5. The topological polar surface area (TPSA) is 116 Å². The number of fused-ring (bicyclic) bond motifs is 5. The molecule has 0 saturated heterocycles. The fourth-order valence-electron chi connectivity index (χ4n) is 7.58. The van der Waals surface area contributed by atoms with Crippen LogP contribution in [0, 0.1) is 28.6 Å². The molecule has 0 aromatic heterocycles. The van der Waals surface area contributed by atoms with E-state index in [1.807, 2.05) is 6.92 Å². The van der Waals surface area contributed by atoms with E-state index in [4.69, 9.17) is 14.2 Å². The Kier molecular flexibility index (Phi) is 6.45. The molecule has 4 aliphatic carbocycles. The number of hydrogen-bond acceptors (Lipinski definition) is 8. The summed E-state index contributed by atoms with van der Waals surface area (Å²) in [5, 5.41) is 11.5. The van der Waals surface area contributed by atoms with E-state index >= 15 is 4.39 Å². The van der Waals surface area contributed by atoms with Gasteiger partial charge in [0.25, 0.3) is 0 Å². The van der Waals surface area contributed by atoms with E-state index in [9.17, 15) is 24.3 Å². The number of aliphatic hydroxyl groups excluding tert-OH is 1. The number of allylic oxidation sites excluding steroid dienone is 4. The number of aliphatic hydroxyl groups is 1. The molecule has 8 nitrogen and oxygen atoms in total. The van der Waals surface area contributed by atoms with Crippen LogP contribution in [0.2, 0.25) is 0 Å². The van der Waals surface area contributed by atoms with Crippen LogP contribution in [0.5, 0.6) is 0 Å². The Morgan fingerprint density at radius 3 is 2.60 bits per heavy atom. The van der Waals surface area contributed by atoms with Crippen molar-refractivity contribution in [3.63, 3.8) is 0 Å². The molecule has 0 radical (unpaired) electrons. The number of alkyl halides is 1. The summed E-state index contributed by atoms with van der Waals surface area (Å²) in [5.41, 5.74) is -3.19. The molecule has 4 rings (SSSR count). The summed E-state index contributed by atoms with van der Waals surface area (Å²) in [5.74, 6) is -2.45. The zero-order chi connectivity index (χ0) is 25.8. The molecule has 3 fully saturated rings. The highest BCUT2D eigenvalue weighted by atomic mass is 19.1. The fraction of sp³-hybridized carbons (Fsp3) is 0.692. The smallest absolute Gasteiger partial charge is 0.458 e. The SMILES string of the molecule is CCOC(=O)O[C@]1(C(=O)COC(C)=O)CC[C@H]2[C@@H]3C[C@H](F)C4=CC(=O)C=C[C@]4(C)[C@H]3C(O)C[C@@]21C. The minimum atomic E-state index is -1.69. The number of esters is 1. The van der Waals surface area contributed by atoms with Gasteiger partial charge in [0.05, 0.1) is 12.7 Å². The largest absolute Gasteiger partial charge is 0.509 e. The Hall–Kier alpha value is -2.55. The predicted octanol–water partition coefficient (Wildman–Crippen LogP) is 3.26. The summed E-state index contributed by atoms with van der Waals surface area (Å²) in [6.45, 7) is 5.89. The predicted molar refractivity (Wildman–Crippen MR) is 121 cm³/mol. The second-order valence-corrected chi connectivity index (χ2v) is 10.7. The molecule has 3 saturated carbocycles. The molecule has 9 heteroatoms. The van der Waals surface area contributed by atoms with Crippen molar-refractivity contribution in [3.05, 3.63) is 23.8 Å². The number of ether oxygens (including phenoxy) is 3. The summed E-state index contributed by atoms with van der Waals surface area (Å²) in [7, 11) is 0. The normalized spacial score (nSPS) is 41.7. The molecule has 0 bridgehead atoms. The molecular formula is C26H33FO8. The zero-order valence-corrected chi connectivity index (χ0v) is 20.5. The van der Waals surface area contributed by atoms with Crippen LogP contribution in [-0.2, 0) is 28.6 Å². The maximum Gasteiger partial charge on any atom is 0.509 e. The molecule has 8 atom stereocenters. The van der Waals surface area contributed by atoms with Gasteiger partial charge in [-0.05, 0) is 62.2 Å². The summed E-state index contributed by atoms with van der Waals surface area (Å²) in [6, 6.07) is 0. The number of carbonyl (C=O) groups is 4. The first-order valence-corrected chi connectivity index (χ1v) is 12.2. The molecule has 0 amide bonds. The number of hydrogen-bond donors (Lipinski definition) is 1. The Balaban J connectivity index is 1.75. The van der Waals surface area contributed by atoms with Crippen molar-refractivity contribution >= 4 is 23.7 Å². The average Bonchev–Trinajstić information content (AvgIpc) is 3.05. The molecule has 0 heterocycles. The standard InChI is InChI=1S/C26H33FO8/c1-5-33-23(32)35-26(21(31)13-34-14(2)28)9-7-17-16-11-19(27)18-10-15(29)6-8-24(18,3)22(16)20(30)12-25(17,26)4/h6,8,10,16-17,19-20,22,30H,5,7,9,11-13H2,1-4H3/t16-,17-,19-,20?,22+,24-,25-,26-/m0/s1. The van der Waals surface area contributed by atoms with Crippen LogP contribution >= 0.6 is 0 Å². The monoisotopic (exact) mass is 492 g/mol. The second kappa shape index (κ2) is 8.84. The number of ketones is 2. The lowest BCUT2D eigenvalue weighted by atomic mass is 9.46. The average molecular weight is 493 g/mol. The Labute approximate surface area is 203 Å². The van der Waals surface area contributed by atoms with Crippen LogP contribution in [-0.4, -0.2) is 59.9 Å². The molecule has 4 aliphatic rings. The molecule has 0 aromatic carbocycles. The molecule has 1 unspecified atom stereocenters. The van der Waals surface area contributed by atoms with E-state index in [2.05, 4.69) is 0 Å². The van der Waals surface area contributed by atoms with Gasteiger partial charge in [0.15, 0.2) is 18.0 Å². The lowest BCUT2D eigenvalue weighted by molar-refractivity contribution is -0.187.